The Morgan fingerprint density at radius 3 is 2.78 bits per heavy atom. The summed E-state index contributed by atoms with van der Waals surface area (Å²) in [5.41, 5.74) is 4.07. The summed E-state index contributed by atoms with van der Waals surface area (Å²) in [6, 6.07) is 6.03. The highest BCUT2D eigenvalue weighted by Gasteiger charge is 2.04. The molecule has 0 aliphatic carbocycles. The Morgan fingerprint density at radius 2 is 2.00 bits per heavy atom. The van der Waals surface area contributed by atoms with Crippen molar-refractivity contribution in [1.29, 1.82) is 0 Å². The number of thiazole rings is 1. The predicted octanol–water partition coefficient (Wildman–Crippen LogP) is 3.38. The topological polar surface area (TPSA) is 50.7 Å². The van der Waals surface area contributed by atoms with Gasteiger partial charge in [-0.05, 0) is 32.0 Å². The Morgan fingerprint density at radius 1 is 1.17 bits per heavy atom. The number of rotatable bonds is 3. The number of hydrogen-bond acceptors (Lipinski definition) is 6. The van der Waals surface area contributed by atoms with Crippen LogP contribution in [0.3, 0.4) is 0 Å². The van der Waals surface area contributed by atoms with Gasteiger partial charge in [-0.3, -0.25) is 0 Å². The van der Waals surface area contributed by atoms with Crippen molar-refractivity contribution < 1.29 is 0 Å². The second-order valence-electron chi connectivity index (χ2n) is 4.07. The molecule has 1 aromatic carbocycles. The Bertz CT molecular complexity index is 667. The molecule has 2 heterocycles. The van der Waals surface area contributed by atoms with E-state index < -0.39 is 0 Å². The fourth-order valence-electron chi connectivity index (χ4n) is 1.68. The van der Waals surface area contributed by atoms with Crippen molar-refractivity contribution in [3.8, 4) is 0 Å². The number of aromatic nitrogens is 3. The molecule has 2 aromatic heterocycles. The van der Waals surface area contributed by atoms with Crippen molar-refractivity contribution in [2.24, 2.45) is 0 Å². The van der Waals surface area contributed by atoms with E-state index >= 15 is 0 Å². The van der Waals surface area contributed by atoms with Gasteiger partial charge in [0.25, 0.3) is 0 Å². The molecule has 3 rings (SSSR count). The molecule has 0 bridgehead atoms. The summed E-state index contributed by atoms with van der Waals surface area (Å²) >= 11 is 2.98. The minimum Gasteiger partial charge on any atom is -0.378 e. The van der Waals surface area contributed by atoms with Gasteiger partial charge in [-0.1, -0.05) is 0 Å². The number of nitrogens with zero attached hydrogens (tertiary/aromatic N) is 3. The molecule has 3 aromatic rings. The fraction of sp³-hybridized carbons (Fsp3) is 0.250. The zero-order chi connectivity index (χ0) is 12.5. The summed E-state index contributed by atoms with van der Waals surface area (Å²) < 4.78 is 8.42. The average Bonchev–Trinajstić information content (AvgIpc) is 2.94. The number of nitrogens with one attached hydrogen (secondary N) is 1. The summed E-state index contributed by atoms with van der Waals surface area (Å²) in [4.78, 5) is 5.79. The molecular weight excluding hydrogens is 264 g/mol. The third kappa shape index (κ3) is 2.21. The Balaban J connectivity index is 1.76. The molecule has 0 amide bonds. The largest absolute Gasteiger partial charge is 0.378 e. The van der Waals surface area contributed by atoms with Crippen LogP contribution in [0.5, 0.6) is 0 Å². The standard InChI is InChI=1S/C12H12N4S2/c1-7-8(2)17-12(14-7)6-13-9-3-4-10-11(5-9)16-18-15-10/h3-5,13H,6H2,1-2H3. The van der Waals surface area contributed by atoms with Crippen molar-refractivity contribution in [1.82, 2.24) is 13.7 Å². The van der Waals surface area contributed by atoms with Crippen LogP contribution in [0.4, 0.5) is 5.69 Å². The summed E-state index contributed by atoms with van der Waals surface area (Å²) in [7, 11) is 0. The summed E-state index contributed by atoms with van der Waals surface area (Å²) in [5, 5.41) is 4.48. The molecule has 0 spiro atoms. The molecular formula is C12H12N4S2. The SMILES string of the molecule is Cc1nc(CNc2ccc3nsnc3c2)sc1C. The van der Waals surface area contributed by atoms with Crippen LogP contribution < -0.4 is 5.32 Å². The van der Waals surface area contributed by atoms with Crippen molar-refractivity contribution in [2.45, 2.75) is 20.4 Å². The van der Waals surface area contributed by atoms with Crippen LogP contribution in [-0.2, 0) is 6.54 Å². The third-order valence-electron chi connectivity index (χ3n) is 2.77. The van der Waals surface area contributed by atoms with E-state index in [9.17, 15) is 0 Å². The van der Waals surface area contributed by atoms with E-state index in [0.29, 0.717) is 0 Å². The fourth-order valence-corrected chi connectivity index (χ4v) is 3.08. The zero-order valence-corrected chi connectivity index (χ0v) is 11.7. The van der Waals surface area contributed by atoms with Crippen molar-refractivity contribution >= 4 is 39.8 Å². The second kappa shape index (κ2) is 4.62. The molecule has 92 valence electrons. The molecule has 18 heavy (non-hydrogen) atoms. The molecule has 0 radical (unpaired) electrons. The molecule has 0 saturated carbocycles. The molecule has 0 aliphatic heterocycles. The summed E-state index contributed by atoms with van der Waals surface area (Å²) in [5.74, 6) is 0. The predicted molar refractivity (Wildman–Crippen MR) is 76.3 cm³/mol. The molecule has 0 saturated heterocycles. The normalized spacial score (nSPS) is 11.0. The van der Waals surface area contributed by atoms with Crippen LogP contribution in [-0.4, -0.2) is 13.7 Å². The van der Waals surface area contributed by atoms with Gasteiger partial charge in [0.2, 0.25) is 0 Å². The van der Waals surface area contributed by atoms with Crippen LogP contribution in [0.2, 0.25) is 0 Å². The maximum absolute atomic E-state index is 4.51. The number of aryl methyl sites for hydroxylation is 2. The monoisotopic (exact) mass is 276 g/mol. The summed E-state index contributed by atoms with van der Waals surface area (Å²) in [6.45, 7) is 4.90. The van der Waals surface area contributed by atoms with Gasteiger partial charge in [-0.15, -0.1) is 11.3 Å². The Hall–Kier alpha value is -1.53. The first-order valence-corrected chi connectivity index (χ1v) is 7.16. The number of fused-ring (bicyclic) bond motifs is 1. The van der Waals surface area contributed by atoms with E-state index in [-0.39, 0.29) is 0 Å². The lowest BCUT2D eigenvalue weighted by molar-refractivity contribution is 1.07. The van der Waals surface area contributed by atoms with E-state index in [0.717, 1.165) is 34.0 Å². The minimum absolute atomic E-state index is 0.752. The van der Waals surface area contributed by atoms with Crippen LogP contribution in [0.1, 0.15) is 15.6 Å². The van der Waals surface area contributed by atoms with Crippen LogP contribution >= 0.6 is 23.1 Å². The highest BCUT2D eigenvalue weighted by Crippen LogP contribution is 2.20. The van der Waals surface area contributed by atoms with E-state index in [1.165, 1.54) is 16.6 Å². The van der Waals surface area contributed by atoms with Gasteiger partial charge in [-0.25, -0.2) is 4.98 Å². The first-order chi connectivity index (χ1) is 8.72. The van der Waals surface area contributed by atoms with Crippen molar-refractivity contribution in [3.63, 3.8) is 0 Å². The quantitative estimate of drug-likeness (QED) is 0.796. The van der Waals surface area contributed by atoms with E-state index in [1.807, 2.05) is 25.1 Å². The van der Waals surface area contributed by atoms with Gasteiger partial charge in [0.1, 0.15) is 16.0 Å². The van der Waals surface area contributed by atoms with Gasteiger partial charge in [0, 0.05) is 10.6 Å². The Labute approximate surface area is 113 Å². The van der Waals surface area contributed by atoms with Gasteiger partial charge in [0.05, 0.1) is 24.0 Å². The lowest BCUT2D eigenvalue weighted by Crippen LogP contribution is -1.98. The maximum Gasteiger partial charge on any atom is 0.112 e. The van der Waals surface area contributed by atoms with Crippen molar-refractivity contribution in [3.05, 3.63) is 33.8 Å². The van der Waals surface area contributed by atoms with Crippen LogP contribution in [0.25, 0.3) is 11.0 Å². The van der Waals surface area contributed by atoms with Gasteiger partial charge in [-0.2, -0.15) is 8.75 Å². The van der Waals surface area contributed by atoms with E-state index in [2.05, 4.69) is 26.0 Å². The molecule has 4 nitrogen and oxygen atoms in total. The first kappa shape index (κ1) is 11.6. The number of benzene rings is 1. The smallest absolute Gasteiger partial charge is 0.112 e. The number of anilines is 1. The average molecular weight is 276 g/mol. The van der Waals surface area contributed by atoms with E-state index in [1.54, 1.807) is 11.3 Å². The second-order valence-corrected chi connectivity index (χ2v) is 5.89. The highest BCUT2D eigenvalue weighted by atomic mass is 32.1. The Kier molecular flexibility index (Phi) is 2.97. The summed E-state index contributed by atoms with van der Waals surface area (Å²) in [6.07, 6.45) is 0. The molecule has 6 heteroatoms. The van der Waals surface area contributed by atoms with Crippen LogP contribution in [0, 0.1) is 13.8 Å². The molecule has 0 atom stereocenters. The van der Waals surface area contributed by atoms with Crippen LogP contribution in [0.15, 0.2) is 18.2 Å². The molecule has 1 N–H and O–H groups in total. The van der Waals surface area contributed by atoms with E-state index in [4.69, 9.17) is 0 Å². The molecule has 0 aliphatic rings. The number of hydrogen-bond donors (Lipinski definition) is 1. The van der Waals surface area contributed by atoms with Crippen molar-refractivity contribution in [2.75, 3.05) is 5.32 Å². The lowest BCUT2D eigenvalue weighted by Gasteiger charge is -2.03. The first-order valence-electron chi connectivity index (χ1n) is 5.61. The zero-order valence-electron chi connectivity index (χ0n) is 10.1. The lowest BCUT2D eigenvalue weighted by atomic mass is 10.3. The highest BCUT2D eigenvalue weighted by molar-refractivity contribution is 7.11. The van der Waals surface area contributed by atoms with Gasteiger partial charge in [0.15, 0.2) is 0 Å². The molecule has 0 fully saturated rings. The molecule has 0 unspecified atom stereocenters. The maximum atomic E-state index is 4.51. The van der Waals surface area contributed by atoms with Gasteiger partial charge < -0.3 is 5.32 Å². The third-order valence-corrected chi connectivity index (χ3v) is 4.40. The van der Waals surface area contributed by atoms with Gasteiger partial charge >= 0.3 is 0 Å². The minimum atomic E-state index is 0.752.